The van der Waals surface area contributed by atoms with E-state index >= 15 is 0 Å². The molecule has 0 radical (unpaired) electrons. The monoisotopic (exact) mass is 329 g/mol. The second-order valence-electron chi connectivity index (χ2n) is 5.87. The highest BCUT2D eigenvalue weighted by atomic mass is 16.4. The standard InChI is InChI=1S/C17H21N3O2.C2H6/c1-13-10-15(17(21)22)20(11-13)12-14-6-5-7-16(18-14)19-8-3-2-4-9-19;1-2/h5-7,10-11H,2-4,8-9,12H2,1H3,(H,21,22);1-2H3. The highest BCUT2D eigenvalue weighted by molar-refractivity contribution is 5.86. The van der Waals surface area contributed by atoms with Crippen molar-refractivity contribution in [2.45, 2.75) is 46.6 Å². The minimum absolute atomic E-state index is 0.308. The second-order valence-corrected chi connectivity index (χ2v) is 5.87. The number of rotatable bonds is 4. The summed E-state index contributed by atoms with van der Waals surface area (Å²) in [6.45, 7) is 8.50. The van der Waals surface area contributed by atoms with Gasteiger partial charge in [0.2, 0.25) is 0 Å². The van der Waals surface area contributed by atoms with Crippen LogP contribution in [-0.4, -0.2) is 33.7 Å². The first-order chi connectivity index (χ1) is 11.6. The van der Waals surface area contributed by atoms with Crippen LogP contribution in [0.25, 0.3) is 0 Å². The van der Waals surface area contributed by atoms with Crippen LogP contribution >= 0.6 is 0 Å². The van der Waals surface area contributed by atoms with E-state index in [4.69, 9.17) is 4.98 Å². The Labute approximate surface area is 143 Å². The number of aromatic nitrogens is 2. The number of carbonyl (C=O) groups is 1. The maximum Gasteiger partial charge on any atom is 0.352 e. The highest BCUT2D eigenvalue weighted by Crippen LogP contribution is 2.18. The first kappa shape index (κ1) is 18.0. The number of nitrogens with zero attached hydrogens (tertiary/aromatic N) is 3. The Kier molecular flexibility index (Phi) is 6.41. The van der Waals surface area contributed by atoms with Crippen LogP contribution in [-0.2, 0) is 6.54 Å². The third kappa shape index (κ3) is 4.37. The third-order valence-corrected chi connectivity index (χ3v) is 4.06. The van der Waals surface area contributed by atoms with Gasteiger partial charge in [0, 0.05) is 19.3 Å². The molecule has 0 aliphatic carbocycles. The van der Waals surface area contributed by atoms with Gasteiger partial charge in [0.05, 0.1) is 12.2 Å². The minimum Gasteiger partial charge on any atom is -0.477 e. The van der Waals surface area contributed by atoms with Crippen LogP contribution in [0.5, 0.6) is 0 Å². The molecule has 1 aliphatic rings. The van der Waals surface area contributed by atoms with Gasteiger partial charge >= 0.3 is 5.97 Å². The molecule has 0 saturated carbocycles. The highest BCUT2D eigenvalue weighted by Gasteiger charge is 2.14. The van der Waals surface area contributed by atoms with Gasteiger partial charge in [0.15, 0.2) is 0 Å². The van der Waals surface area contributed by atoms with E-state index < -0.39 is 5.97 Å². The second kappa shape index (κ2) is 8.52. The zero-order valence-corrected chi connectivity index (χ0v) is 14.8. The summed E-state index contributed by atoms with van der Waals surface area (Å²) in [5.74, 6) is 0.0956. The minimum atomic E-state index is -0.903. The summed E-state index contributed by atoms with van der Waals surface area (Å²) in [5, 5.41) is 9.27. The Hall–Kier alpha value is -2.30. The third-order valence-electron chi connectivity index (χ3n) is 4.06. The van der Waals surface area contributed by atoms with Crippen molar-refractivity contribution in [1.29, 1.82) is 0 Å². The molecular weight excluding hydrogens is 302 g/mol. The van der Waals surface area contributed by atoms with Crippen LogP contribution in [0.15, 0.2) is 30.5 Å². The lowest BCUT2D eigenvalue weighted by Crippen LogP contribution is -2.30. The van der Waals surface area contributed by atoms with E-state index in [-0.39, 0.29) is 0 Å². The van der Waals surface area contributed by atoms with Crippen LogP contribution in [0.1, 0.15) is 54.9 Å². The summed E-state index contributed by atoms with van der Waals surface area (Å²) in [4.78, 5) is 18.3. The molecule has 3 rings (SSSR count). The summed E-state index contributed by atoms with van der Waals surface area (Å²) in [7, 11) is 0. The van der Waals surface area contributed by atoms with Crippen LogP contribution in [0.4, 0.5) is 5.82 Å². The van der Waals surface area contributed by atoms with E-state index in [1.54, 1.807) is 10.6 Å². The normalized spacial score (nSPS) is 14.0. The SMILES string of the molecule is CC.Cc1cc(C(=O)O)n(Cc2cccc(N3CCCCC3)n2)c1. The summed E-state index contributed by atoms with van der Waals surface area (Å²) in [6.07, 6.45) is 5.58. The van der Waals surface area contributed by atoms with Crippen molar-refractivity contribution in [1.82, 2.24) is 9.55 Å². The summed E-state index contributed by atoms with van der Waals surface area (Å²) < 4.78 is 1.75. The number of aromatic carboxylic acids is 1. The zero-order chi connectivity index (χ0) is 17.5. The molecule has 2 aromatic rings. The lowest BCUT2D eigenvalue weighted by atomic mass is 10.1. The largest absolute Gasteiger partial charge is 0.477 e. The van der Waals surface area contributed by atoms with E-state index in [0.717, 1.165) is 30.2 Å². The topological polar surface area (TPSA) is 58.4 Å². The van der Waals surface area contributed by atoms with E-state index in [1.165, 1.54) is 19.3 Å². The van der Waals surface area contributed by atoms with Gasteiger partial charge in [0.25, 0.3) is 0 Å². The van der Waals surface area contributed by atoms with Gasteiger partial charge in [-0.1, -0.05) is 19.9 Å². The molecule has 0 spiro atoms. The molecule has 130 valence electrons. The van der Waals surface area contributed by atoms with Crippen LogP contribution in [0, 0.1) is 6.92 Å². The Balaban J connectivity index is 0.00000100. The molecule has 0 bridgehead atoms. The lowest BCUT2D eigenvalue weighted by molar-refractivity contribution is 0.0685. The van der Waals surface area contributed by atoms with Crippen molar-refractivity contribution in [2.75, 3.05) is 18.0 Å². The van der Waals surface area contributed by atoms with Crippen LogP contribution < -0.4 is 4.90 Å². The fourth-order valence-electron chi connectivity index (χ4n) is 3.00. The molecule has 1 saturated heterocycles. The van der Waals surface area contributed by atoms with Gasteiger partial charge in [-0.3, -0.25) is 0 Å². The maximum absolute atomic E-state index is 11.3. The lowest BCUT2D eigenvalue weighted by Gasteiger charge is -2.28. The van der Waals surface area contributed by atoms with Gasteiger partial charge < -0.3 is 14.6 Å². The number of carboxylic acid groups (broad SMARTS) is 1. The van der Waals surface area contributed by atoms with E-state index in [1.807, 2.05) is 45.2 Å². The first-order valence-corrected chi connectivity index (χ1v) is 8.74. The van der Waals surface area contributed by atoms with Crippen molar-refractivity contribution in [3.63, 3.8) is 0 Å². The quantitative estimate of drug-likeness (QED) is 0.922. The van der Waals surface area contributed by atoms with Crippen LogP contribution in [0.2, 0.25) is 0 Å². The molecule has 24 heavy (non-hydrogen) atoms. The molecule has 5 nitrogen and oxygen atoms in total. The number of hydrogen-bond donors (Lipinski definition) is 1. The molecule has 1 aliphatic heterocycles. The van der Waals surface area contributed by atoms with Gasteiger partial charge in [-0.25, -0.2) is 9.78 Å². The molecule has 3 heterocycles. The number of piperidine rings is 1. The van der Waals surface area contributed by atoms with Gasteiger partial charge in [-0.2, -0.15) is 0 Å². The van der Waals surface area contributed by atoms with E-state index in [2.05, 4.69) is 4.90 Å². The molecule has 0 aromatic carbocycles. The van der Waals surface area contributed by atoms with Crippen molar-refractivity contribution in [2.24, 2.45) is 0 Å². The average molecular weight is 329 g/mol. The van der Waals surface area contributed by atoms with Crippen molar-refractivity contribution in [3.8, 4) is 0 Å². The van der Waals surface area contributed by atoms with Gasteiger partial charge in [0.1, 0.15) is 11.5 Å². The number of anilines is 1. The summed E-state index contributed by atoms with van der Waals surface area (Å²) in [6, 6.07) is 7.68. The Morgan fingerprint density at radius 1 is 1.21 bits per heavy atom. The zero-order valence-electron chi connectivity index (χ0n) is 14.8. The van der Waals surface area contributed by atoms with Crippen molar-refractivity contribution < 1.29 is 9.90 Å². The molecule has 2 aromatic heterocycles. The molecule has 0 unspecified atom stereocenters. The van der Waals surface area contributed by atoms with Gasteiger partial charge in [-0.15, -0.1) is 0 Å². The smallest absolute Gasteiger partial charge is 0.352 e. The number of hydrogen-bond acceptors (Lipinski definition) is 3. The molecule has 0 atom stereocenters. The molecule has 1 N–H and O–H groups in total. The fraction of sp³-hybridized carbons (Fsp3) is 0.474. The first-order valence-electron chi connectivity index (χ1n) is 8.74. The average Bonchev–Trinajstić information content (AvgIpc) is 2.98. The molecule has 1 fully saturated rings. The predicted molar refractivity (Wildman–Crippen MR) is 96.9 cm³/mol. The molecule has 5 heteroatoms. The Morgan fingerprint density at radius 3 is 2.58 bits per heavy atom. The van der Waals surface area contributed by atoms with E-state index in [0.29, 0.717) is 12.2 Å². The maximum atomic E-state index is 11.3. The summed E-state index contributed by atoms with van der Waals surface area (Å²) >= 11 is 0. The summed E-state index contributed by atoms with van der Waals surface area (Å²) in [5.41, 5.74) is 2.15. The predicted octanol–water partition coefficient (Wildman–Crippen LogP) is 3.95. The number of carboxylic acids is 1. The Morgan fingerprint density at radius 2 is 1.92 bits per heavy atom. The molecular formula is C19H27N3O2. The van der Waals surface area contributed by atoms with E-state index in [9.17, 15) is 9.90 Å². The number of pyridine rings is 1. The fourth-order valence-corrected chi connectivity index (χ4v) is 3.00. The van der Waals surface area contributed by atoms with Crippen molar-refractivity contribution >= 4 is 11.8 Å². The molecule has 0 amide bonds. The number of aryl methyl sites for hydroxylation is 1. The van der Waals surface area contributed by atoms with Gasteiger partial charge in [-0.05, 0) is 49.9 Å². The Bertz CT molecular complexity index is 673. The van der Waals surface area contributed by atoms with Crippen LogP contribution in [0.3, 0.4) is 0 Å². The van der Waals surface area contributed by atoms with Crippen molar-refractivity contribution in [3.05, 3.63) is 47.4 Å².